The van der Waals surface area contributed by atoms with Gasteiger partial charge in [-0.05, 0) is 33.1 Å². The second-order valence-electron chi connectivity index (χ2n) is 5.02. The van der Waals surface area contributed by atoms with Crippen molar-refractivity contribution in [2.75, 3.05) is 11.9 Å². The number of aliphatic hydroxyl groups is 1. The van der Waals surface area contributed by atoms with Crippen molar-refractivity contribution in [2.45, 2.75) is 45.8 Å². The van der Waals surface area contributed by atoms with E-state index in [0.717, 1.165) is 11.8 Å². The van der Waals surface area contributed by atoms with E-state index in [2.05, 4.69) is 21.2 Å². The summed E-state index contributed by atoms with van der Waals surface area (Å²) in [5, 5.41) is 12.6. The molecular weight excluding hydrogens is 274 g/mol. The summed E-state index contributed by atoms with van der Waals surface area (Å²) >= 11 is 3.36. The van der Waals surface area contributed by atoms with Crippen LogP contribution in [0.5, 0.6) is 0 Å². The molecule has 0 fully saturated rings. The highest BCUT2D eigenvalue weighted by Crippen LogP contribution is 2.10. The molecule has 2 atom stereocenters. The number of hydrogen-bond acceptors (Lipinski definition) is 3. The summed E-state index contributed by atoms with van der Waals surface area (Å²) in [6.07, 6.45) is 0.245. The molecule has 0 spiro atoms. The van der Waals surface area contributed by atoms with Crippen molar-refractivity contribution in [1.82, 2.24) is 5.32 Å². The van der Waals surface area contributed by atoms with Crippen LogP contribution < -0.4 is 5.32 Å². The van der Waals surface area contributed by atoms with Crippen LogP contribution in [0.2, 0.25) is 0 Å². The average Bonchev–Trinajstić information content (AvgIpc) is 2.13. The first-order chi connectivity index (χ1) is 7.28. The highest BCUT2D eigenvalue weighted by atomic mass is 79.9. The number of halogens is 1. The van der Waals surface area contributed by atoms with Crippen molar-refractivity contribution >= 4 is 22.0 Å². The molecule has 0 saturated carbocycles. The molecule has 0 bridgehead atoms. The van der Waals surface area contributed by atoms with Gasteiger partial charge >= 0.3 is 6.09 Å². The van der Waals surface area contributed by atoms with Crippen LogP contribution in [0.15, 0.2) is 0 Å². The molecule has 4 nitrogen and oxygen atoms in total. The number of aliphatic hydroxyl groups excluding tert-OH is 1. The maximum Gasteiger partial charge on any atom is 0.407 e. The summed E-state index contributed by atoms with van der Waals surface area (Å²) in [7, 11) is 0. The minimum Gasteiger partial charge on any atom is -0.444 e. The van der Waals surface area contributed by atoms with Gasteiger partial charge in [-0.3, -0.25) is 0 Å². The maximum absolute atomic E-state index is 11.4. The molecule has 0 aromatic carbocycles. The molecule has 16 heavy (non-hydrogen) atoms. The van der Waals surface area contributed by atoms with Crippen molar-refractivity contribution in [3.63, 3.8) is 0 Å². The van der Waals surface area contributed by atoms with Gasteiger partial charge in [-0.1, -0.05) is 22.9 Å². The van der Waals surface area contributed by atoms with E-state index in [1.54, 1.807) is 0 Å². The molecule has 0 aliphatic heterocycles. The molecule has 5 heteroatoms. The molecule has 0 aliphatic rings. The topological polar surface area (TPSA) is 58.6 Å². The van der Waals surface area contributed by atoms with Crippen LogP contribution in [0.3, 0.4) is 0 Å². The van der Waals surface area contributed by atoms with Crippen LogP contribution in [0.25, 0.3) is 0 Å². The monoisotopic (exact) mass is 295 g/mol. The van der Waals surface area contributed by atoms with Crippen LogP contribution >= 0.6 is 15.9 Å². The van der Waals surface area contributed by atoms with E-state index in [4.69, 9.17) is 9.84 Å². The molecule has 0 aliphatic carbocycles. The molecule has 0 rings (SSSR count). The standard InChI is InChI=1S/C11H22BrNO3/c1-8(6-12)5-9(7-14)13-10(15)16-11(2,3)4/h8-9,14H,5-7H2,1-4H3,(H,13,15)/t8?,9-/m0/s1. The van der Waals surface area contributed by atoms with Crippen molar-refractivity contribution in [2.24, 2.45) is 5.92 Å². The fourth-order valence-corrected chi connectivity index (χ4v) is 1.47. The van der Waals surface area contributed by atoms with Crippen molar-refractivity contribution in [1.29, 1.82) is 0 Å². The Morgan fingerprint density at radius 1 is 1.50 bits per heavy atom. The van der Waals surface area contributed by atoms with Gasteiger partial charge in [0, 0.05) is 5.33 Å². The summed E-state index contributed by atoms with van der Waals surface area (Å²) < 4.78 is 5.11. The van der Waals surface area contributed by atoms with Gasteiger partial charge in [-0.2, -0.15) is 0 Å². The zero-order valence-corrected chi connectivity index (χ0v) is 12.0. The molecular formula is C11H22BrNO3. The number of alkyl halides is 1. The van der Waals surface area contributed by atoms with Gasteiger partial charge in [0.05, 0.1) is 12.6 Å². The third-order valence-electron chi connectivity index (χ3n) is 1.89. The van der Waals surface area contributed by atoms with Crippen LogP contribution in [0.1, 0.15) is 34.1 Å². The SMILES string of the molecule is CC(CBr)C[C@@H](CO)NC(=O)OC(C)(C)C. The fraction of sp³-hybridized carbons (Fsp3) is 0.909. The van der Waals surface area contributed by atoms with Gasteiger partial charge in [-0.25, -0.2) is 4.79 Å². The molecule has 2 N–H and O–H groups in total. The Morgan fingerprint density at radius 3 is 2.44 bits per heavy atom. The molecule has 0 aromatic heterocycles. The summed E-state index contributed by atoms with van der Waals surface area (Å²) in [5.74, 6) is 0.395. The third-order valence-corrected chi connectivity index (χ3v) is 3.00. The molecule has 96 valence electrons. The van der Waals surface area contributed by atoms with Gasteiger partial charge in [0.15, 0.2) is 0 Å². The lowest BCUT2D eigenvalue weighted by atomic mass is 10.0. The van der Waals surface area contributed by atoms with Crippen LogP contribution in [-0.2, 0) is 4.74 Å². The molecule has 1 unspecified atom stereocenters. The number of alkyl carbamates (subject to hydrolysis) is 1. The predicted molar refractivity (Wildman–Crippen MR) is 67.8 cm³/mol. The Balaban J connectivity index is 4.07. The molecule has 0 radical (unpaired) electrons. The number of hydrogen-bond donors (Lipinski definition) is 2. The zero-order valence-electron chi connectivity index (χ0n) is 10.4. The lowest BCUT2D eigenvalue weighted by Gasteiger charge is -2.23. The minimum absolute atomic E-state index is 0.0728. The van der Waals surface area contributed by atoms with E-state index in [1.165, 1.54) is 0 Å². The smallest absolute Gasteiger partial charge is 0.407 e. The van der Waals surface area contributed by atoms with E-state index in [1.807, 2.05) is 27.7 Å². The van der Waals surface area contributed by atoms with E-state index < -0.39 is 11.7 Å². The number of ether oxygens (including phenoxy) is 1. The number of amides is 1. The van der Waals surface area contributed by atoms with Crippen LogP contribution in [0, 0.1) is 5.92 Å². The first kappa shape index (κ1) is 15.7. The lowest BCUT2D eigenvalue weighted by Crippen LogP contribution is -2.41. The maximum atomic E-state index is 11.4. The average molecular weight is 296 g/mol. The highest BCUT2D eigenvalue weighted by molar-refractivity contribution is 9.09. The number of carbonyl (C=O) groups is 1. The summed E-state index contributed by atoms with van der Waals surface area (Å²) in [4.78, 5) is 11.4. The van der Waals surface area contributed by atoms with E-state index in [0.29, 0.717) is 5.92 Å². The summed E-state index contributed by atoms with van der Waals surface area (Å²) in [5.41, 5.74) is -0.509. The van der Waals surface area contributed by atoms with Crippen LogP contribution in [0.4, 0.5) is 4.79 Å². The first-order valence-electron chi connectivity index (χ1n) is 5.44. The Kier molecular flexibility index (Phi) is 6.99. The highest BCUT2D eigenvalue weighted by Gasteiger charge is 2.20. The van der Waals surface area contributed by atoms with Gasteiger partial charge < -0.3 is 15.2 Å². The number of carbonyl (C=O) groups excluding carboxylic acids is 1. The second-order valence-corrected chi connectivity index (χ2v) is 5.67. The Morgan fingerprint density at radius 2 is 2.06 bits per heavy atom. The van der Waals surface area contributed by atoms with Gasteiger partial charge in [0.25, 0.3) is 0 Å². The second kappa shape index (κ2) is 7.12. The fourth-order valence-electron chi connectivity index (χ4n) is 1.20. The molecule has 1 amide bonds. The predicted octanol–water partition coefficient (Wildman–Crippen LogP) is 2.29. The summed E-state index contributed by atoms with van der Waals surface area (Å²) in [6.45, 7) is 7.40. The number of rotatable bonds is 5. The van der Waals surface area contributed by atoms with Crippen molar-refractivity contribution in [3.8, 4) is 0 Å². The van der Waals surface area contributed by atoms with E-state index >= 15 is 0 Å². The normalized spacial score (nSPS) is 15.4. The zero-order chi connectivity index (χ0) is 12.8. The number of nitrogens with one attached hydrogen (secondary N) is 1. The Labute approximate surface area is 106 Å². The van der Waals surface area contributed by atoms with Crippen LogP contribution in [-0.4, -0.2) is 34.8 Å². The van der Waals surface area contributed by atoms with E-state index in [9.17, 15) is 4.79 Å². The van der Waals surface area contributed by atoms with E-state index in [-0.39, 0.29) is 12.6 Å². The molecule has 0 saturated heterocycles. The molecule has 0 aromatic rings. The first-order valence-corrected chi connectivity index (χ1v) is 6.57. The Bertz CT molecular complexity index is 216. The largest absolute Gasteiger partial charge is 0.444 e. The van der Waals surface area contributed by atoms with Crippen molar-refractivity contribution in [3.05, 3.63) is 0 Å². The van der Waals surface area contributed by atoms with Gasteiger partial charge in [0.2, 0.25) is 0 Å². The van der Waals surface area contributed by atoms with Gasteiger partial charge in [0.1, 0.15) is 5.60 Å². The summed E-state index contributed by atoms with van der Waals surface area (Å²) in [6, 6.07) is -0.248. The van der Waals surface area contributed by atoms with Gasteiger partial charge in [-0.15, -0.1) is 0 Å². The van der Waals surface area contributed by atoms with Crippen molar-refractivity contribution < 1.29 is 14.6 Å². The molecule has 0 heterocycles. The quantitative estimate of drug-likeness (QED) is 0.765. The Hall–Kier alpha value is -0.290. The third kappa shape index (κ3) is 7.93. The minimum atomic E-state index is -0.509. The lowest BCUT2D eigenvalue weighted by molar-refractivity contribution is 0.0475.